The molecule has 1 spiro atoms. The van der Waals surface area contributed by atoms with Crippen molar-refractivity contribution in [3.63, 3.8) is 0 Å². The van der Waals surface area contributed by atoms with Gasteiger partial charge in [-0.05, 0) is 32.1 Å². The average molecular weight is 241 g/mol. The predicted octanol–water partition coefficient (Wildman–Crippen LogP) is 1.60. The maximum atomic E-state index is 11.1. The quantitative estimate of drug-likeness (QED) is 0.794. The number of hydrogen-bond donors (Lipinski definition) is 1. The Kier molecular flexibility index (Phi) is 3.73. The number of carboxylic acids is 1. The molecule has 4 heteroatoms. The summed E-state index contributed by atoms with van der Waals surface area (Å²) in [6.07, 6.45) is 3.78. The van der Waals surface area contributed by atoms with E-state index in [1.807, 2.05) is 6.92 Å². The first kappa shape index (κ1) is 12.8. The summed E-state index contributed by atoms with van der Waals surface area (Å²) in [6.45, 7) is 7.17. The van der Waals surface area contributed by atoms with Gasteiger partial charge in [0.15, 0.2) is 0 Å². The first-order valence-corrected chi connectivity index (χ1v) is 6.63. The Bertz CT molecular complexity index is 288. The number of hydrogen-bond acceptors (Lipinski definition) is 3. The minimum atomic E-state index is -0.712. The maximum Gasteiger partial charge on any atom is 0.320 e. The molecule has 2 rings (SSSR count). The van der Waals surface area contributed by atoms with Gasteiger partial charge in [0.1, 0.15) is 6.04 Å². The molecule has 2 atom stereocenters. The molecule has 0 aromatic carbocycles. The van der Waals surface area contributed by atoms with Crippen LogP contribution in [0, 0.1) is 11.3 Å². The van der Waals surface area contributed by atoms with Crippen LogP contribution in [0.15, 0.2) is 0 Å². The van der Waals surface area contributed by atoms with Gasteiger partial charge in [-0.3, -0.25) is 9.69 Å². The zero-order chi connectivity index (χ0) is 12.5. The highest BCUT2D eigenvalue weighted by Crippen LogP contribution is 2.52. The Balaban J connectivity index is 1.99. The molecule has 2 fully saturated rings. The van der Waals surface area contributed by atoms with E-state index in [-0.39, 0.29) is 6.04 Å². The van der Waals surface area contributed by atoms with Crippen LogP contribution in [0.3, 0.4) is 0 Å². The fourth-order valence-electron chi connectivity index (χ4n) is 3.21. The van der Waals surface area contributed by atoms with Crippen LogP contribution in [0.25, 0.3) is 0 Å². The van der Waals surface area contributed by atoms with Crippen molar-refractivity contribution >= 4 is 5.97 Å². The lowest BCUT2D eigenvalue weighted by atomic mass is 9.63. The zero-order valence-corrected chi connectivity index (χ0v) is 10.8. The van der Waals surface area contributed by atoms with Gasteiger partial charge in [-0.1, -0.05) is 6.42 Å². The third-order valence-corrected chi connectivity index (χ3v) is 4.62. The normalized spacial score (nSPS) is 29.2. The van der Waals surface area contributed by atoms with Crippen LogP contribution < -0.4 is 0 Å². The summed E-state index contributed by atoms with van der Waals surface area (Å²) in [4.78, 5) is 13.2. The molecule has 0 aromatic rings. The summed E-state index contributed by atoms with van der Waals surface area (Å²) in [6, 6.07) is -0.362. The molecule has 1 aliphatic carbocycles. The smallest absolute Gasteiger partial charge is 0.320 e. The second-order valence-electron chi connectivity index (χ2n) is 5.52. The van der Waals surface area contributed by atoms with Gasteiger partial charge < -0.3 is 9.84 Å². The highest BCUT2D eigenvalue weighted by Gasteiger charge is 2.51. The van der Waals surface area contributed by atoms with Crippen LogP contribution in [0.5, 0.6) is 0 Å². The highest BCUT2D eigenvalue weighted by atomic mass is 16.5. The average Bonchev–Trinajstić information content (AvgIpc) is 2.64. The molecule has 0 bridgehead atoms. The number of carboxylic acid groups (broad SMARTS) is 1. The van der Waals surface area contributed by atoms with Crippen LogP contribution in [0.2, 0.25) is 0 Å². The van der Waals surface area contributed by atoms with E-state index in [2.05, 4.69) is 4.90 Å². The number of ether oxygens (including phenoxy) is 1. The van der Waals surface area contributed by atoms with E-state index in [1.165, 1.54) is 19.3 Å². The second kappa shape index (κ2) is 4.94. The van der Waals surface area contributed by atoms with Gasteiger partial charge in [0, 0.05) is 25.6 Å². The monoisotopic (exact) mass is 241 g/mol. The lowest BCUT2D eigenvalue weighted by Gasteiger charge is -2.43. The lowest BCUT2D eigenvalue weighted by molar-refractivity contribution is -0.142. The summed E-state index contributed by atoms with van der Waals surface area (Å²) in [5, 5.41) is 9.09. The molecule has 1 saturated heterocycles. The second-order valence-corrected chi connectivity index (χ2v) is 5.52. The van der Waals surface area contributed by atoms with Crippen molar-refractivity contribution in [2.45, 2.75) is 39.2 Å². The van der Waals surface area contributed by atoms with E-state index in [4.69, 9.17) is 9.84 Å². The number of nitrogens with zero attached hydrogens (tertiary/aromatic N) is 1. The molecule has 0 radical (unpaired) electrons. The van der Waals surface area contributed by atoms with E-state index in [0.717, 1.165) is 26.3 Å². The minimum absolute atomic E-state index is 0.360. The molecular weight excluding hydrogens is 218 g/mol. The number of rotatable bonds is 5. The van der Waals surface area contributed by atoms with E-state index in [9.17, 15) is 4.79 Å². The SMILES string of the molecule is CCOC[C@@H]1CN([C@H](C)C(=O)O)CC12CCC2. The number of carbonyl (C=O) groups is 1. The standard InChI is InChI=1S/C13H23NO3/c1-3-17-8-11-7-14(10(2)12(15)16)9-13(11)5-4-6-13/h10-11H,3-9H2,1-2H3,(H,15,16)/t10-,11+/m1/s1. The maximum absolute atomic E-state index is 11.1. The van der Waals surface area contributed by atoms with Crippen LogP contribution in [-0.2, 0) is 9.53 Å². The third-order valence-electron chi connectivity index (χ3n) is 4.62. The van der Waals surface area contributed by atoms with Crippen molar-refractivity contribution in [1.29, 1.82) is 0 Å². The molecule has 0 amide bonds. The largest absolute Gasteiger partial charge is 0.480 e. The Morgan fingerprint density at radius 1 is 1.59 bits per heavy atom. The van der Waals surface area contributed by atoms with Crippen LogP contribution in [-0.4, -0.2) is 48.3 Å². The number of aliphatic carboxylic acids is 1. The van der Waals surface area contributed by atoms with Gasteiger partial charge in [0.25, 0.3) is 0 Å². The van der Waals surface area contributed by atoms with Crippen LogP contribution in [0.1, 0.15) is 33.1 Å². The van der Waals surface area contributed by atoms with Crippen molar-refractivity contribution in [3.8, 4) is 0 Å². The van der Waals surface area contributed by atoms with E-state index in [1.54, 1.807) is 6.92 Å². The summed E-state index contributed by atoms with van der Waals surface area (Å²) in [5.74, 6) is -0.186. The molecule has 17 heavy (non-hydrogen) atoms. The Morgan fingerprint density at radius 3 is 2.76 bits per heavy atom. The van der Waals surface area contributed by atoms with Crippen molar-refractivity contribution in [3.05, 3.63) is 0 Å². The molecular formula is C13H23NO3. The fourth-order valence-corrected chi connectivity index (χ4v) is 3.21. The number of likely N-dealkylation sites (tertiary alicyclic amines) is 1. The third kappa shape index (κ3) is 2.33. The van der Waals surface area contributed by atoms with Crippen molar-refractivity contribution in [2.24, 2.45) is 11.3 Å². The van der Waals surface area contributed by atoms with Gasteiger partial charge in [-0.15, -0.1) is 0 Å². The topological polar surface area (TPSA) is 49.8 Å². The van der Waals surface area contributed by atoms with Crippen molar-refractivity contribution in [2.75, 3.05) is 26.3 Å². The van der Waals surface area contributed by atoms with Gasteiger partial charge in [-0.2, -0.15) is 0 Å². The molecule has 4 nitrogen and oxygen atoms in total. The molecule has 98 valence electrons. The molecule has 0 aromatic heterocycles. The molecule has 2 aliphatic rings. The Hall–Kier alpha value is -0.610. The van der Waals surface area contributed by atoms with E-state index in [0.29, 0.717) is 11.3 Å². The predicted molar refractivity (Wildman–Crippen MR) is 64.9 cm³/mol. The van der Waals surface area contributed by atoms with E-state index >= 15 is 0 Å². The van der Waals surface area contributed by atoms with Crippen LogP contribution in [0.4, 0.5) is 0 Å². The Morgan fingerprint density at radius 2 is 2.29 bits per heavy atom. The summed E-state index contributed by atoms with van der Waals surface area (Å²) in [7, 11) is 0. The first-order chi connectivity index (χ1) is 8.09. The summed E-state index contributed by atoms with van der Waals surface area (Å²) < 4.78 is 5.56. The molecule has 1 heterocycles. The van der Waals surface area contributed by atoms with E-state index < -0.39 is 5.97 Å². The van der Waals surface area contributed by atoms with Gasteiger partial charge in [-0.25, -0.2) is 0 Å². The minimum Gasteiger partial charge on any atom is -0.480 e. The van der Waals surface area contributed by atoms with Gasteiger partial charge >= 0.3 is 5.97 Å². The fraction of sp³-hybridized carbons (Fsp3) is 0.923. The summed E-state index contributed by atoms with van der Waals surface area (Å²) in [5.41, 5.74) is 0.360. The first-order valence-electron chi connectivity index (χ1n) is 6.63. The van der Waals surface area contributed by atoms with Crippen LogP contribution >= 0.6 is 0 Å². The van der Waals surface area contributed by atoms with Crippen molar-refractivity contribution < 1.29 is 14.6 Å². The summed E-state index contributed by atoms with van der Waals surface area (Å²) >= 11 is 0. The zero-order valence-electron chi connectivity index (χ0n) is 10.8. The van der Waals surface area contributed by atoms with Crippen molar-refractivity contribution in [1.82, 2.24) is 4.90 Å². The molecule has 1 saturated carbocycles. The lowest BCUT2D eigenvalue weighted by Crippen LogP contribution is -2.41. The highest BCUT2D eigenvalue weighted by molar-refractivity contribution is 5.72. The molecule has 1 N–H and O–H groups in total. The van der Waals surface area contributed by atoms with Gasteiger partial charge in [0.05, 0.1) is 6.61 Å². The molecule has 1 aliphatic heterocycles. The van der Waals surface area contributed by atoms with Gasteiger partial charge in [0.2, 0.25) is 0 Å². The Labute approximate surface area is 103 Å². The molecule has 0 unspecified atom stereocenters.